The number of nitrogen functional groups attached to an aromatic ring is 1. The number of hydrogen-bond acceptors (Lipinski definition) is 6. The molecule has 7 heteroatoms. The van der Waals surface area contributed by atoms with E-state index in [1.165, 1.54) is 6.07 Å². The molecule has 18 heavy (non-hydrogen) atoms. The molecule has 0 radical (unpaired) electrons. The molecule has 0 fully saturated rings. The Morgan fingerprint density at radius 3 is 2.56 bits per heavy atom. The highest BCUT2D eigenvalue weighted by atomic mass is 16.6. The molecule has 100 valence electrons. The standard InChI is InChI=1S/C11H16N2O5/c1-6-4-7(13(17)18)5-8(10(6)12)11(16)9(15)2-3-14/h4-5,9,11,14-16H,2-3,12H2,1H3. The van der Waals surface area contributed by atoms with E-state index in [9.17, 15) is 20.3 Å². The Morgan fingerprint density at radius 1 is 1.44 bits per heavy atom. The van der Waals surface area contributed by atoms with Crippen molar-refractivity contribution in [2.45, 2.75) is 25.6 Å². The molecule has 0 heterocycles. The van der Waals surface area contributed by atoms with Gasteiger partial charge in [-0.1, -0.05) is 0 Å². The fraction of sp³-hybridized carbons (Fsp3) is 0.455. The number of aryl methyl sites for hydroxylation is 1. The van der Waals surface area contributed by atoms with Gasteiger partial charge in [0.2, 0.25) is 0 Å². The summed E-state index contributed by atoms with van der Waals surface area (Å²) in [6.45, 7) is 1.28. The van der Waals surface area contributed by atoms with Crippen LogP contribution >= 0.6 is 0 Å². The van der Waals surface area contributed by atoms with E-state index in [1.54, 1.807) is 6.92 Å². The minimum Gasteiger partial charge on any atom is -0.398 e. The van der Waals surface area contributed by atoms with E-state index in [0.29, 0.717) is 5.56 Å². The van der Waals surface area contributed by atoms with Gasteiger partial charge in [-0.3, -0.25) is 10.1 Å². The maximum atomic E-state index is 10.7. The average molecular weight is 256 g/mol. The minimum absolute atomic E-state index is 0.0393. The second kappa shape index (κ2) is 5.76. The molecule has 1 rings (SSSR count). The van der Waals surface area contributed by atoms with Gasteiger partial charge >= 0.3 is 0 Å². The van der Waals surface area contributed by atoms with Crippen LogP contribution in [0, 0.1) is 17.0 Å². The second-order valence-corrected chi connectivity index (χ2v) is 4.05. The predicted octanol–water partition coefficient (Wildman–Crippen LogP) is 0.262. The molecule has 2 atom stereocenters. The predicted molar refractivity (Wildman–Crippen MR) is 64.9 cm³/mol. The van der Waals surface area contributed by atoms with Crippen LogP contribution < -0.4 is 5.73 Å². The Bertz CT molecular complexity index is 449. The van der Waals surface area contributed by atoms with Crippen molar-refractivity contribution in [1.29, 1.82) is 0 Å². The Balaban J connectivity index is 3.18. The lowest BCUT2D eigenvalue weighted by Gasteiger charge is -2.19. The van der Waals surface area contributed by atoms with Crippen molar-refractivity contribution >= 4 is 11.4 Å². The van der Waals surface area contributed by atoms with Crippen LogP contribution in [0.3, 0.4) is 0 Å². The van der Waals surface area contributed by atoms with Crippen LogP contribution in [-0.2, 0) is 0 Å². The smallest absolute Gasteiger partial charge is 0.270 e. The summed E-state index contributed by atoms with van der Waals surface area (Å²) >= 11 is 0. The van der Waals surface area contributed by atoms with Crippen molar-refractivity contribution in [3.63, 3.8) is 0 Å². The molecule has 0 aliphatic rings. The fourth-order valence-corrected chi connectivity index (χ4v) is 1.65. The first-order valence-corrected chi connectivity index (χ1v) is 5.40. The highest BCUT2D eigenvalue weighted by Gasteiger charge is 2.23. The summed E-state index contributed by atoms with van der Waals surface area (Å²) in [6, 6.07) is 2.43. The van der Waals surface area contributed by atoms with Crippen LogP contribution in [0.4, 0.5) is 11.4 Å². The highest BCUT2D eigenvalue weighted by Crippen LogP contribution is 2.31. The molecule has 0 saturated carbocycles. The summed E-state index contributed by atoms with van der Waals surface area (Å²) in [5.41, 5.74) is 6.28. The lowest BCUT2D eigenvalue weighted by atomic mass is 9.97. The quantitative estimate of drug-likeness (QED) is 0.339. The van der Waals surface area contributed by atoms with Crippen molar-refractivity contribution in [2.75, 3.05) is 12.3 Å². The van der Waals surface area contributed by atoms with E-state index in [4.69, 9.17) is 10.8 Å². The van der Waals surface area contributed by atoms with Crippen molar-refractivity contribution in [3.8, 4) is 0 Å². The van der Waals surface area contributed by atoms with Crippen LogP contribution in [0.25, 0.3) is 0 Å². The molecule has 0 bridgehead atoms. The lowest BCUT2D eigenvalue weighted by Crippen LogP contribution is -2.21. The zero-order valence-corrected chi connectivity index (χ0v) is 9.91. The second-order valence-electron chi connectivity index (χ2n) is 4.05. The number of anilines is 1. The van der Waals surface area contributed by atoms with Crippen molar-refractivity contribution in [3.05, 3.63) is 33.4 Å². The number of hydrogen-bond donors (Lipinski definition) is 4. The maximum absolute atomic E-state index is 10.7. The van der Waals surface area contributed by atoms with Crippen LogP contribution in [0.5, 0.6) is 0 Å². The maximum Gasteiger partial charge on any atom is 0.270 e. The van der Waals surface area contributed by atoms with Crippen molar-refractivity contribution in [1.82, 2.24) is 0 Å². The molecule has 0 spiro atoms. The molecule has 7 nitrogen and oxygen atoms in total. The number of non-ortho nitro benzene ring substituents is 1. The summed E-state index contributed by atoms with van der Waals surface area (Å²) in [7, 11) is 0. The number of nitrogens with zero attached hydrogens (tertiary/aromatic N) is 1. The van der Waals surface area contributed by atoms with Gasteiger partial charge in [0, 0.05) is 30.0 Å². The molecule has 0 aliphatic heterocycles. The molecule has 2 unspecified atom stereocenters. The van der Waals surface area contributed by atoms with Crippen LogP contribution in [0.1, 0.15) is 23.7 Å². The third kappa shape index (κ3) is 2.95. The molecular formula is C11H16N2O5. The van der Waals surface area contributed by atoms with E-state index in [0.717, 1.165) is 6.07 Å². The summed E-state index contributed by atoms with van der Waals surface area (Å²) in [6.07, 6.45) is -2.63. The molecule has 0 saturated heterocycles. The van der Waals surface area contributed by atoms with Crippen LogP contribution in [0.2, 0.25) is 0 Å². The monoisotopic (exact) mass is 256 g/mol. The number of rotatable bonds is 5. The Morgan fingerprint density at radius 2 is 2.06 bits per heavy atom. The molecular weight excluding hydrogens is 240 g/mol. The Hall–Kier alpha value is -1.70. The largest absolute Gasteiger partial charge is 0.398 e. The number of nitro benzene ring substituents is 1. The molecule has 0 aromatic heterocycles. The van der Waals surface area contributed by atoms with Gasteiger partial charge in [-0.15, -0.1) is 0 Å². The number of aliphatic hydroxyl groups is 3. The molecule has 0 aliphatic carbocycles. The zero-order valence-electron chi connectivity index (χ0n) is 9.91. The molecule has 1 aromatic carbocycles. The van der Waals surface area contributed by atoms with Crippen molar-refractivity contribution in [2.24, 2.45) is 0 Å². The number of nitro groups is 1. The van der Waals surface area contributed by atoms with E-state index in [1.807, 2.05) is 0 Å². The van der Waals surface area contributed by atoms with Gasteiger partial charge in [-0.25, -0.2) is 0 Å². The number of benzene rings is 1. The van der Waals surface area contributed by atoms with Crippen molar-refractivity contribution < 1.29 is 20.2 Å². The van der Waals surface area contributed by atoms with Gasteiger partial charge in [-0.2, -0.15) is 0 Å². The normalized spacial score (nSPS) is 14.2. The number of nitrogens with two attached hydrogens (primary N) is 1. The third-order valence-corrected chi connectivity index (χ3v) is 2.72. The summed E-state index contributed by atoms with van der Waals surface area (Å²) < 4.78 is 0. The topological polar surface area (TPSA) is 130 Å². The third-order valence-electron chi connectivity index (χ3n) is 2.72. The highest BCUT2D eigenvalue weighted by molar-refractivity contribution is 5.59. The van der Waals surface area contributed by atoms with E-state index >= 15 is 0 Å². The molecule has 5 N–H and O–H groups in total. The SMILES string of the molecule is Cc1cc([N+](=O)[O-])cc(C(O)C(O)CCO)c1N. The first kappa shape index (κ1) is 14.4. The van der Waals surface area contributed by atoms with E-state index in [2.05, 4.69) is 0 Å². The summed E-state index contributed by atoms with van der Waals surface area (Å²) in [4.78, 5) is 10.1. The van der Waals surface area contributed by atoms with E-state index < -0.39 is 17.1 Å². The zero-order chi connectivity index (χ0) is 13.9. The van der Waals surface area contributed by atoms with Gasteiger partial charge in [0.05, 0.1) is 11.0 Å². The average Bonchev–Trinajstić information content (AvgIpc) is 2.31. The Kier molecular flexibility index (Phi) is 4.60. The first-order chi connectivity index (χ1) is 8.38. The summed E-state index contributed by atoms with van der Waals surface area (Å²) in [5, 5.41) is 38.9. The van der Waals surface area contributed by atoms with Gasteiger partial charge < -0.3 is 21.1 Å². The van der Waals surface area contributed by atoms with Gasteiger partial charge in [0.1, 0.15) is 6.10 Å². The first-order valence-electron chi connectivity index (χ1n) is 5.40. The summed E-state index contributed by atoms with van der Waals surface area (Å²) in [5.74, 6) is 0. The molecule has 0 amide bonds. The molecule has 1 aromatic rings. The van der Waals surface area contributed by atoms with Gasteiger partial charge in [0.15, 0.2) is 0 Å². The van der Waals surface area contributed by atoms with Gasteiger partial charge in [0.25, 0.3) is 5.69 Å². The number of aliphatic hydroxyl groups excluding tert-OH is 3. The van der Waals surface area contributed by atoms with E-state index in [-0.39, 0.29) is 30.0 Å². The van der Waals surface area contributed by atoms with Crippen LogP contribution in [0.15, 0.2) is 12.1 Å². The fourth-order valence-electron chi connectivity index (χ4n) is 1.65. The Labute approximate surface area is 104 Å². The lowest BCUT2D eigenvalue weighted by molar-refractivity contribution is -0.385. The van der Waals surface area contributed by atoms with Gasteiger partial charge in [-0.05, 0) is 18.9 Å². The van der Waals surface area contributed by atoms with Crippen LogP contribution in [-0.4, -0.2) is 33.0 Å². The minimum atomic E-state index is -1.37.